The standard InChI is InChI=1S/C13H18Cl2O/c1-2-8-16-9-7-12(10-14)11-3-5-13(15)6-4-11/h3-6,12H,2,7-10H2,1H3. The molecule has 0 radical (unpaired) electrons. The summed E-state index contributed by atoms with van der Waals surface area (Å²) in [5.41, 5.74) is 1.24. The van der Waals surface area contributed by atoms with Crippen molar-refractivity contribution in [2.45, 2.75) is 25.7 Å². The number of halogens is 2. The summed E-state index contributed by atoms with van der Waals surface area (Å²) in [5.74, 6) is 0.979. The summed E-state index contributed by atoms with van der Waals surface area (Å²) in [7, 11) is 0. The highest BCUT2D eigenvalue weighted by Crippen LogP contribution is 2.22. The fraction of sp³-hybridized carbons (Fsp3) is 0.538. The van der Waals surface area contributed by atoms with E-state index in [4.69, 9.17) is 27.9 Å². The third kappa shape index (κ3) is 4.73. The maximum absolute atomic E-state index is 5.97. The predicted molar refractivity (Wildman–Crippen MR) is 70.6 cm³/mol. The van der Waals surface area contributed by atoms with E-state index in [1.165, 1.54) is 5.56 Å². The molecule has 0 fully saturated rings. The second-order valence-corrected chi connectivity index (χ2v) is 4.55. The summed E-state index contributed by atoms with van der Waals surface area (Å²) in [5, 5.41) is 0.763. The molecule has 1 nitrogen and oxygen atoms in total. The van der Waals surface area contributed by atoms with Gasteiger partial charge in [0.2, 0.25) is 0 Å². The van der Waals surface area contributed by atoms with Crippen molar-refractivity contribution in [2.24, 2.45) is 0 Å². The van der Waals surface area contributed by atoms with Crippen LogP contribution in [0.15, 0.2) is 24.3 Å². The van der Waals surface area contributed by atoms with Crippen molar-refractivity contribution < 1.29 is 4.74 Å². The predicted octanol–water partition coefficient (Wildman–Crippen LogP) is 4.48. The fourth-order valence-corrected chi connectivity index (χ4v) is 2.00. The third-order valence-corrected chi connectivity index (χ3v) is 3.11. The minimum Gasteiger partial charge on any atom is -0.381 e. The Morgan fingerprint density at radius 1 is 1.19 bits per heavy atom. The first-order valence-electron chi connectivity index (χ1n) is 5.67. The molecule has 90 valence electrons. The SMILES string of the molecule is CCCOCCC(CCl)c1ccc(Cl)cc1. The first kappa shape index (κ1) is 13.8. The summed E-state index contributed by atoms with van der Waals surface area (Å²) in [6, 6.07) is 7.89. The lowest BCUT2D eigenvalue weighted by Gasteiger charge is -2.14. The first-order chi connectivity index (χ1) is 7.77. The Kier molecular flexibility index (Phi) is 6.86. The highest BCUT2D eigenvalue weighted by Gasteiger charge is 2.09. The van der Waals surface area contributed by atoms with Crippen LogP contribution < -0.4 is 0 Å². The lowest BCUT2D eigenvalue weighted by Crippen LogP contribution is -2.06. The van der Waals surface area contributed by atoms with Gasteiger partial charge in [0.25, 0.3) is 0 Å². The topological polar surface area (TPSA) is 9.23 Å². The van der Waals surface area contributed by atoms with Gasteiger partial charge in [-0.05, 0) is 36.5 Å². The van der Waals surface area contributed by atoms with Crippen molar-refractivity contribution in [3.8, 4) is 0 Å². The molecule has 0 saturated heterocycles. The van der Waals surface area contributed by atoms with Gasteiger partial charge >= 0.3 is 0 Å². The molecule has 1 rings (SSSR count). The molecule has 0 amide bonds. The molecule has 0 N–H and O–H groups in total. The second kappa shape index (κ2) is 7.94. The number of rotatable bonds is 7. The van der Waals surface area contributed by atoms with E-state index in [2.05, 4.69) is 6.92 Å². The van der Waals surface area contributed by atoms with E-state index in [1.807, 2.05) is 24.3 Å². The van der Waals surface area contributed by atoms with E-state index in [0.717, 1.165) is 31.1 Å². The molecule has 16 heavy (non-hydrogen) atoms. The van der Waals surface area contributed by atoms with Crippen LogP contribution >= 0.6 is 23.2 Å². The molecular formula is C13H18Cl2O. The van der Waals surface area contributed by atoms with Crippen LogP contribution in [0.2, 0.25) is 5.02 Å². The summed E-state index contributed by atoms with van der Waals surface area (Å²) in [4.78, 5) is 0. The zero-order valence-electron chi connectivity index (χ0n) is 9.59. The Labute approximate surface area is 108 Å². The van der Waals surface area contributed by atoms with Crippen LogP contribution in [0.3, 0.4) is 0 Å². The summed E-state index contributed by atoms with van der Waals surface area (Å²) in [6.07, 6.45) is 2.03. The van der Waals surface area contributed by atoms with Crippen molar-refractivity contribution in [3.05, 3.63) is 34.9 Å². The van der Waals surface area contributed by atoms with Crippen LogP contribution in [0.1, 0.15) is 31.2 Å². The first-order valence-corrected chi connectivity index (χ1v) is 6.58. The van der Waals surface area contributed by atoms with Gasteiger partial charge in [0, 0.05) is 24.1 Å². The van der Waals surface area contributed by atoms with Gasteiger partial charge in [0.15, 0.2) is 0 Å². The third-order valence-electron chi connectivity index (χ3n) is 2.49. The Bertz CT molecular complexity index is 284. The summed E-state index contributed by atoms with van der Waals surface area (Å²) < 4.78 is 5.48. The lowest BCUT2D eigenvalue weighted by molar-refractivity contribution is 0.129. The number of alkyl halides is 1. The molecular weight excluding hydrogens is 243 g/mol. The van der Waals surface area contributed by atoms with Gasteiger partial charge in [-0.1, -0.05) is 30.7 Å². The molecule has 0 spiro atoms. The van der Waals surface area contributed by atoms with Gasteiger partial charge in [-0.2, -0.15) is 0 Å². The van der Waals surface area contributed by atoms with Gasteiger partial charge in [0.05, 0.1) is 0 Å². The van der Waals surface area contributed by atoms with Crippen LogP contribution in [0.25, 0.3) is 0 Å². The maximum Gasteiger partial charge on any atom is 0.0472 e. The molecule has 0 aromatic heterocycles. The van der Waals surface area contributed by atoms with E-state index in [-0.39, 0.29) is 0 Å². The highest BCUT2D eigenvalue weighted by atomic mass is 35.5. The van der Waals surface area contributed by atoms with Gasteiger partial charge in [-0.25, -0.2) is 0 Å². The fourth-order valence-electron chi connectivity index (χ4n) is 1.54. The number of hydrogen-bond donors (Lipinski definition) is 0. The molecule has 0 saturated carbocycles. The van der Waals surface area contributed by atoms with Crippen molar-refractivity contribution in [2.75, 3.05) is 19.1 Å². The Balaban J connectivity index is 2.44. The van der Waals surface area contributed by atoms with Gasteiger partial charge < -0.3 is 4.74 Å². The van der Waals surface area contributed by atoms with Crippen LogP contribution in [0.4, 0.5) is 0 Å². The van der Waals surface area contributed by atoms with Crippen LogP contribution in [0, 0.1) is 0 Å². The largest absolute Gasteiger partial charge is 0.381 e. The average molecular weight is 261 g/mol. The van der Waals surface area contributed by atoms with Gasteiger partial charge in [-0.3, -0.25) is 0 Å². The molecule has 0 aliphatic rings. The average Bonchev–Trinajstić information content (AvgIpc) is 2.31. The smallest absolute Gasteiger partial charge is 0.0472 e. The second-order valence-electron chi connectivity index (χ2n) is 3.80. The van der Waals surface area contributed by atoms with E-state index in [1.54, 1.807) is 0 Å². The molecule has 0 aliphatic carbocycles. The minimum atomic E-state index is 0.357. The minimum absolute atomic E-state index is 0.357. The zero-order valence-corrected chi connectivity index (χ0v) is 11.1. The van der Waals surface area contributed by atoms with E-state index in [0.29, 0.717) is 11.8 Å². The van der Waals surface area contributed by atoms with Crippen molar-refractivity contribution in [1.29, 1.82) is 0 Å². The van der Waals surface area contributed by atoms with Crippen molar-refractivity contribution >= 4 is 23.2 Å². The molecule has 1 aromatic rings. The summed E-state index contributed by atoms with van der Waals surface area (Å²) in [6.45, 7) is 3.71. The molecule has 3 heteroatoms. The number of benzene rings is 1. The molecule has 0 bridgehead atoms. The Hall–Kier alpha value is -0.240. The molecule has 1 aromatic carbocycles. The number of ether oxygens (including phenoxy) is 1. The Morgan fingerprint density at radius 3 is 2.44 bits per heavy atom. The van der Waals surface area contributed by atoms with E-state index < -0.39 is 0 Å². The van der Waals surface area contributed by atoms with Gasteiger partial charge in [0.1, 0.15) is 0 Å². The van der Waals surface area contributed by atoms with Crippen LogP contribution in [-0.2, 0) is 4.74 Å². The zero-order chi connectivity index (χ0) is 11.8. The van der Waals surface area contributed by atoms with E-state index >= 15 is 0 Å². The van der Waals surface area contributed by atoms with Crippen LogP contribution in [0.5, 0.6) is 0 Å². The summed E-state index contributed by atoms with van der Waals surface area (Å²) >= 11 is 11.8. The van der Waals surface area contributed by atoms with Gasteiger partial charge in [-0.15, -0.1) is 11.6 Å². The molecule has 0 heterocycles. The molecule has 1 atom stereocenters. The van der Waals surface area contributed by atoms with E-state index in [9.17, 15) is 0 Å². The van der Waals surface area contributed by atoms with Crippen LogP contribution in [-0.4, -0.2) is 19.1 Å². The Morgan fingerprint density at radius 2 is 1.88 bits per heavy atom. The quantitative estimate of drug-likeness (QED) is 0.519. The molecule has 0 aliphatic heterocycles. The lowest BCUT2D eigenvalue weighted by atomic mass is 9.98. The van der Waals surface area contributed by atoms with Crippen molar-refractivity contribution in [3.63, 3.8) is 0 Å². The maximum atomic E-state index is 5.97. The van der Waals surface area contributed by atoms with Crippen molar-refractivity contribution in [1.82, 2.24) is 0 Å². The molecule has 1 unspecified atom stereocenters. The normalized spacial score (nSPS) is 12.7. The highest BCUT2D eigenvalue weighted by molar-refractivity contribution is 6.30. The number of hydrogen-bond acceptors (Lipinski definition) is 1. The monoisotopic (exact) mass is 260 g/mol.